The van der Waals surface area contributed by atoms with Gasteiger partial charge in [-0.1, -0.05) is 0 Å². The molecule has 0 fully saturated rings. The number of hydrogen-bond acceptors (Lipinski definition) is 4. The quantitative estimate of drug-likeness (QED) is 0.353. The van der Waals surface area contributed by atoms with E-state index in [1.165, 1.54) is 0 Å². The fourth-order valence-corrected chi connectivity index (χ4v) is 0. The summed E-state index contributed by atoms with van der Waals surface area (Å²) in [6.07, 6.45) is 0. The SMILES string of the molecule is Cl.NCC[NH3+].O=[N+]([O-])[O-]. The molecule has 0 radical (unpaired) electrons. The minimum absolute atomic E-state index is 0. The number of rotatable bonds is 1. The van der Waals surface area contributed by atoms with E-state index in [-0.39, 0.29) is 12.4 Å². The summed E-state index contributed by atoms with van der Waals surface area (Å²) in [4.78, 5) is 8.25. The van der Waals surface area contributed by atoms with Crippen molar-refractivity contribution in [2.24, 2.45) is 5.73 Å². The minimum atomic E-state index is -1.75. The second kappa shape index (κ2) is 15.7. The van der Waals surface area contributed by atoms with Crippen LogP contribution in [0, 0.1) is 15.3 Å². The van der Waals surface area contributed by atoms with Crippen LogP contribution in [0.15, 0.2) is 0 Å². The van der Waals surface area contributed by atoms with E-state index in [1.54, 1.807) is 0 Å². The zero-order valence-electron chi connectivity index (χ0n) is 4.78. The van der Waals surface area contributed by atoms with Gasteiger partial charge in [0, 0.05) is 6.54 Å². The van der Waals surface area contributed by atoms with Crippen LogP contribution in [0.25, 0.3) is 0 Å². The van der Waals surface area contributed by atoms with Crippen molar-refractivity contribution in [3.05, 3.63) is 15.3 Å². The summed E-state index contributed by atoms with van der Waals surface area (Å²) >= 11 is 0. The van der Waals surface area contributed by atoms with Crippen LogP contribution in [0.2, 0.25) is 0 Å². The first kappa shape index (κ1) is 15.8. The molecule has 0 aliphatic carbocycles. The number of nitrogens with zero attached hydrogens (tertiary/aromatic N) is 1. The second-order valence-electron chi connectivity index (χ2n) is 0.866. The highest BCUT2D eigenvalue weighted by atomic mass is 35.5. The molecule has 0 rings (SSSR count). The third-order valence-electron chi connectivity index (χ3n) is 0.204. The summed E-state index contributed by atoms with van der Waals surface area (Å²) in [5.74, 6) is 0. The molecule has 0 saturated heterocycles. The molecule has 0 atom stereocenters. The Morgan fingerprint density at radius 1 is 1.56 bits per heavy atom. The Kier molecular flexibility index (Phi) is 27.4. The first-order valence-electron chi connectivity index (χ1n) is 1.96. The Balaban J connectivity index is -0.0000000720. The van der Waals surface area contributed by atoms with Gasteiger partial charge in [0.25, 0.3) is 0 Å². The predicted octanol–water partition coefficient (Wildman–Crippen LogP) is -1.63. The van der Waals surface area contributed by atoms with Gasteiger partial charge >= 0.3 is 0 Å². The maximum absolute atomic E-state index is 8.25. The van der Waals surface area contributed by atoms with Crippen LogP contribution in [0.1, 0.15) is 0 Å². The van der Waals surface area contributed by atoms with Crippen LogP contribution in [0.4, 0.5) is 0 Å². The first-order valence-corrected chi connectivity index (χ1v) is 1.96. The lowest BCUT2D eigenvalue weighted by molar-refractivity contribution is -0.402. The summed E-state index contributed by atoms with van der Waals surface area (Å²) in [5.41, 5.74) is 8.44. The molecule has 0 aliphatic rings. The average Bonchev–Trinajstić information content (AvgIpc) is 1.65. The predicted molar refractivity (Wildman–Crippen MR) is 34.4 cm³/mol. The summed E-state index contributed by atoms with van der Waals surface area (Å²) in [5, 5.41) is 14.8. The molecule has 58 valence electrons. The van der Waals surface area contributed by atoms with E-state index >= 15 is 0 Å². The molecule has 6 nitrogen and oxygen atoms in total. The lowest BCUT2D eigenvalue weighted by atomic mass is 10.7. The van der Waals surface area contributed by atoms with E-state index in [9.17, 15) is 0 Å². The van der Waals surface area contributed by atoms with Crippen LogP contribution >= 0.6 is 12.4 Å². The van der Waals surface area contributed by atoms with Crippen molar-refractivity contribution < 1.29 is 10.8 Å². The Morgan fingerprint density at radius 3 is 1.67 bits per heavy atom. The van der Waals surface area contributed by atoms with E-state index in [2.05, 4.69) is 5.73 Å². The van der Waals surface area contributed by atoms with Gasteiger partial charge in [0.15, 0.2) is 0 Å². The fraction of sp³-hybridized carbons (Fsp3) is 1.00. The highest BCUT2D eigenvalue weighted by molar-refractivity contribution is 5.85. The van der Waals surface area contributed by atoms with Crippen molar-refractivity contribution in [1.29, 1.82) is 0 Å². The van der Waals surface area contributed by atoms with E-state index in [4.69, 9.17) is 21.1 Å². The molecule has 0 aromatic rings. The Morgan fingerprint density at radius 2 is 1.67 bits per heavy atom. The lowest BCUT2D eigenvalue weighted by Gasteiger charge is -1.74. The summed E-state index contributed by atoms with van der Waals surface area (Å²) in [6, 6.07) is 0. The molecule has 5 N–H and O–H groups in total. The highest BCUT2D eigenvalue weighted by Gasteiger charge is 1.59. The molecule has 0 spiro atoms. The molecular formula is C2H10ClN3O3. The third-order valence-corrected chi connectivity index (χ3v) is 0.204. The van der Waals surface area contributed by atoms with Crippen molar-refractivity contribution in [3.63, 3.8) is 0 Å². The first-order chi connectivity index (χ1) is 3.65. The molecule has 7 heteroatoms. The fourth-order valence-electron chi connectivity index (χ4n) is 0. The molecule has 9 heavy (non-hydrogen) atoms. The normalized spacial score (nSPS) is 6.00. The van der Waals surface area contributed by atoms with Gasteiger partial charge in [0.2, 0.25) is 0 Å². The maximum atomic E-state index is 8.25. The summed E-state index contributed by atoms with van der Waals surface area (Å²) in [7, 11) is 0. The Bertz CT molecular complexity index is 55.0. The number of hydrogen-bond donors (Lipinski definition) is 2. The second-order valence-corrected chi connectivity index (χ2v) is 0.866. The van der Waals surface area contributed by atoms with Crippen LogP contribution in [0.3, 0.4) is 0 Å². The Labute approximate surface area is 58.3 Å². The smallest absolute Gasteiger partial charge is 0.0864 e. The molecule has 0 saturated carbocycles. The van der Waals surface area contributed by atoms with Gasteiger partial charge in [-0.25, -0.2) is 0 Å². The van der Waals surface area contributed by atoms with Crippen molar-refractivity contribution in [1.82, 2.24) is 0 Å². The molecule has 0 aromatic carbocycles. The molecule has 0 aromatic heterocycles. The largest absolute Gasteiger partial charge is 0.357 e. The molecule has 0 aliphatic heterocycles. The van der Waals surface area contributed by atoms with Crippen LogP contribution < -0.4 is 11.5 Å². The van der Waals surface area contributed by atoms with Crippen molar-refractivity contribution in [3.8, 4) is 0 Å². The molecule has 0 amide bonds. The molecule has 0 bridgehead atoms. The van der Waals surface area contributed by atoms with Gasteiger partial charge in [-0.3, -0.25) is 0 Å². The van der Waals surface area contributed by atoms with Gasteiger partial charge in [-0.15, -0.1) is 12.4 Å². The topological polar surface area (TPSA) is 120 Å². The summed E-state index contributed by atoms with van der Waals surface area (Å²) < 4.78 is 0. The molecule has 0 unspecified atom stereocenters. The van der Waals surface area contributed by atoms with Gasteiger partial charge in [-0.2, -0.15) is 0 Å². The van der Waals surface area contributed by atoms with E-state index in [0.29, 0.717) is 6.54 Å². The van der Waals surface area contributed by atoms with Gasteiger partial charge < -0.3 is 26.8 Å². The van der Waals surface area contributed by atoms with Crippen LogP contribution in [0.5, 0.6) is 0 Å². The Hall–Kier alpha value is -0.590. The van der Waals surface area contributed by atoms with E-state index in [1.807, 2.05) is 0 Å². The zero-order valence-corrected chi connectivity index (χ0v) is 5.60. The number of quaternary nitrogens is 1. The van der Waals surface area contributed by atoms with Crippen LogP contribution in [-0.2, 0) is 0 Å². The molecule has 0 heterocycles. The summed E-state index contributed by atoms with van der Waals surface area (Å²) in [6.45, 7) is 1.56. The maximum Gasteiger partial charge on any atom is 0.0864 e. The average molecular weight is 160 g/mol. The molecular weight excluding hydrogens is 149 g/mol. The van der Waals surface area contributed by atoms with Crippen molar-refractivity contribution in [2.75, 3.05) is 13.1 Å². The highest BCUT2D eigenvalue weighted by Crippen LogP contribution is 1.44. The number of nitrogens with two attached hydrogens (primary N) is 1. The van der Waals surface area contributed by atoms with Gasteiger partial charge in [0.1, 0.15) is 0 Å². The van der Waals surface area contributed by atoms with Gasteiger partial charge in [-0.05, 0) is 0 Å². The third kappa shape index (κ3) is 1290. The lowest BCUT2D eigenvalue weighted by Crippen LogP contribution is -2.53. The standard InChI is InChI=1S/C2H8N2.ClH.NO3/c3-1-2-4;;2-1(3)4/h1-4H2;1H;/q;;-1/p+1. The zero-order chi connectivity index (χ0) is 6.99. The van der Waals surface area contributed by atoms with Crippen molar-refractivity contribution >= 4 is 12.4 Å². The van der Waals surface area contributed by atoms with Crippen LogP contribution in [-0.4, -0.2) is 18.2 Å². The minimum Gasteiger partial charge on any atom is -0.357 e. The van der Waals surface area contributed by atoms with E-state index < -0.39 is 5.09 Å². The van der Waals surface area contributed by atoms with Gasteiger partial charge in [0.05, 0.1) is 11.6 Å². The number of halogens is 1. The van der Waals surface area contributed by atoms with Crippen molar-refractivity contribution in [2.45, 2.75) is 0 Å². The monoisotopic (exact) mass is 159 g/mol. The van der Waals surface area contributed by atoms with E-state index in [0.717, 1.165) is 6.54 Å².